The standard InChI is InChI=1S/C16H22N2O5S/c19-16(20)14-3-1-2-4-15(14)23-12-11-17-7-9-18(10-8-17)24(21,22)13-5-6-13/h1-4,13H,5-12H2,(H,19,20). The maximum Gasteiger partial charge on any atom is 0.339 e. The number of benzene rings is 1. The lowest BCUT2D eigenvalue weighted by atomic mass is 10.2. The predicted molar refractivity (Wildman–Crippen MR) is 88.9 cm³/mol. The molecule has 1 aliphatic heterocycles. The van der Waals surface area contributed by atoms with Crippen LogP contribution >= 0.6 is 0 Å². The molecular formula is C16H22N2O5S. The Balaban J connectivity index is 1.45. The third-order valence-electron chi connectivity index (χ3n) is 4.42. The average molecular weight is 354 g/mol. The molecule has 0 aromatic heterocycles. The van der Waals surface area contributed by atoms with Gasteiger partial charge in [0.2, 0.25) is 10.0 Å². The molecule has 132 valence electrons. The number of carboxylic acid groups (broad SMARTS) is 1. The third-order valence-corrected chi connectivity index (χ3v) is 6.82. The number of carbonyl (C=O) groups is 1. The van der Waals surface area contributed by atoms with Crippen molar-refractivity contribution in [3.8, 4) is 5.75 Å². The normalized spacial score (nSPS) is 20.0. The molecule has 1 aromatic carbocycles. The van der Waals surface area contributed by atoms with Gasteiger partial charge < -0.3 is 9.84 Å². The van der Waals surface area contributed by atoms with Crippen LogP contribution in [0.2, 0.25) is 0 Å². The minimum absolute atomic E-state index is 0.151. The maximum absolute atomic E-state index is 12.2. The van der Waals surface area contributed by atoms with Crippen molar-refractivity contribution in [2.24, 2.45) is 0 Å². The van der Waals surface area contributed by atoms with Gasteiger partial charge in [0, 0.05) is 32.7 Å². The van der Waals surface area contributed by atoms with Crippen molar-refractivity contribution in [3.63, 3.8) is 0 Å². The molecule has 1 saturated carbocycles. The second kappa shape index (κ2) is 7.08. The zero-order valence-corrected chi connectivity index (χ0v) is 14.2. The first kappa shape index (κ1) is 17.2. The Kier molecular flexibility index (Phi) is 5.07. The van der Waals surface area contributed by atoms with E-state index in [9.17, 15) is 13.2 Å². The van der Waals surface area contributed by atoms with Crippen molar-refractivity contribution in [1.29, 1.82) is 0 Å². The molecule has 0 amide bonds. The molecule has 24 heavy (non-hydrogen) atoms. The fourth-order valence-corrected chi connectivity index (χ4v) is 4.66. The summed E-state index contributed by atoms with van der Waals surface area (Å²) in [7, 11) is -3.08. The Hall–Kier alpha value is -1.64. The van der Waals surface area contributed by atoms with E-state index in [-0.39, 0.29) is 10.8 Å². The lowest BCUT2D eigenvalue weighted by molar-refractivity contribution is 0.0691. The van der Waals surface area contributed by atoms with Gasteiger partial charge in [0.25, 0.3) is 0 Å². The number of para-hydroxylation sites is 1. The Morgan fingerprint density at radius 1 is 1.17 bits per heavy atom. The van der Waals surface area contributed by atoms with Gasteiger partial charge in [-0.15, -0.1) is 0 Å². The number of rotatable bonds is 7. The molecule has 7 nitrogen and oxygen atoms in total. The van der Waals surface area contributed by atoms with Gasteiger partial charge >= 0.3 is 5.97 Å². The van der Waals surface area contributed by atoms with Gasteiger partial charge in [-0.05, 0) is 25.0 Å². The van der Waals surface area contributed by atoms with Crippen LogP contribution < -0.4 is 4.74 Å². The summed E-state index contributed by atoms with van der Waals surface area (Å²) < 4.78 is 31.6. The van der Waals surface area contributed by atoms with E-state index in [1.165, 1.54) is 6.07 Å². The molecule has 1 N–H and O–H groups in total. The van der Waals surface area contributed by atoms with Crippen LogP contribution in [-0.4, -0.2) is 73.3 Å². The molecule has 0 radical (unpaired) electrons. The molecule has 2 fully saturated rings. The molecule has 3 rings (SSSR count). The number of carboxylic acids is 1. The summed E-state index contributed by atoms with van der Waals surface area (Å²) in [4.78, 5) is 13.3. The molecule has 0 unspecified atom stereocenters. The summed E-state index contributed by atoms with van der Waals surface area (Å²) in [5.41, 5.74) is 0.151. The average Bonchev–Trinajstić information content (AvgIpc) is 3.41. The third kappa shape index (κ3) is 3.88. The minimum Gasteiger partial charge on any atom is -0.491 e. The van der Waals surface area contributed by atoms with E-state index in [0.29, 0.717) is 45.1 Å². The van der Waals surface area contributed by atoms with Crippen molar-refractivity contribution in [2.75, 3.05) is 39.3 Å². The maximum atomic E-state index is 12.2. The molecule has 8 heteroatoms. The summed E-state index contributed by atoms with van der Waals surface area (Å²) >= 11 is 0. The second-order valence-corrected chi connectivity index (χ2v) is 8.35. The van der Waals surface area contributed by atoms with Gasteiger partial charge in [-0.1, -0.05) is 12.1 Å². The van der Waals surface area contributed by atoms with Crippen LogP contribution in [0.15, 0.2) is 24.3 Å². The SMILES string of the molecule is O=C(O)c1ccccc1OCCN1CCN(S(=O)(=O)C2CC2)CC1. The zero-order valence-electron chi connectivity index (χ0n) is 13.4. The second-order valence-electron chi connectivity index (χ2n) is 6.13. The number of nitrogens with zero attached hydrogens (tertiary/aromatic N) is 2. The van der Waals surface area contributed by atoms with Crippen molar-refractivity contribution in [2.45, 2.75) is 18.1 Å². The fourth-order valence-electron chi connectivity index (χ4n) is 2.84. The number of ether oxygens (including phenoxy) is 1. The number of hydrogen-bond donors (Lipinski definition) is 1. The zero-order chi connectivity index (χ0) is 17.2. The molecule has 0 spiro atoms. The summed E-state index contributed by atoms with van der Waals surface area (Å²) in [6, 6.07) is 6.56. The van der Waals surface area contributed by atoms with E-state index < -0.39 is 16.0 Å². The van der Waals surface area contributed by atoms with Gasteiger partial charge in [0.05, 0.1) is 5.25 Å². The number of hydrogen-bond acceptors (Lipinski definition) is 5. The van der Waals surface area contributed by atoms with Crippen LogP contribution in [0.4, 0.5) is 0 Å². The van der Waals surface area contributed by atoms with E-state index in [1.807, 2.05) is 0 Å². The largest absolute Gasteiger partial charge is 0.491 e. The van der Waals surface area contributed by atoms with Gasteiger partial charge in [0.15, 0.2) is 0 Å². The van der Waals surface area contributed by atoms with Crippen LogP contribution in [0.1, 0.15) is 23.2 Å². The summed E-state index contributed by atoms with van der Waals surface area (Å²) in [6.07, 6.45) is 1.58. The fraction of sp³-hybridized carbons (Fsp3) is 0.562. The van der Waals surface area contributed by atoms with E-state index >= 15 is 0 Å². The highest BCUT2D eigenvalue weighted by Crippen LogP contribution is 2.31. The number of aromatic carboxylic acids is 1. The molecule has 2 aliphatic rings. The summed E-state index contributed by atoms with van der Waals surface area (Å²) in [6.45, 7) is 3.41. The van der Waals surface area contributed by atoms with Gasteiger partial charge in [-0.2, -0.15) is 4.31 Å². The molecular weight excluding hydrogens is 332 g/mol. The predicted octanol–water partition coefficient (Wildman–Crippen LogP) is 0.873. The highest BCUT2D eigenvalue weighted by molar-refractivity contribution is 7.90. The first-order chi connectivity index (χ1) is 11.5. The summed E-state index contributed by atoms with van der Waals surface area (Å²) in [5.74, 6) is -0.649. The van der Waals surface area contributed by atoms with E-state index in [4.69, 9.17) is 9.84 Å². The quantitative estimate of drug-likeness (QED) is 0.782. The van der Waals surface area contributed by atoms with Crippen molar-refractivity contribution in [1.82, 2.24) is 9.21 Å². The van der Waals surface area contributed by atoms with E-state index in [1.54, 1.807) is 22.5 Å². The minimum atomic E-state index is -3.08. The van der Waals surface area contributed by atoms with Crippen LogP contribution in [0.3, 0.4) is 0 Å². The Labute approximate surface area is 141 Å². The lowest BCUT2D eigenvalue weighted by Gasteiger charge is -2.33. The number of piperazine rings is 1. The van der Waals surface area contributed by atoms with Gasteiger partial charge in [-0.25, -0.2) is 13.2 Å². The Morgan fingerprint density at radius 3 is 2.46 bits per heavy atom. The van der Waals surface area contributed by atoms with Crippen molar-refractivity contribution >= 4 is 16.0 Å². The first-order valence-electron chi connectivity index (χ1n) is 8.15. The molecule has 1 aliphatic carbocycles. The van der Waals surface area contributed by atoms with E-state index in [0.717, 1.165) is 12.8 Å². The lowest BCUT2D eigenvalue weighted by Crippen LogP contribution is -2.50. The highest BCUT2D eigenvalue weighted by atomic mass is 32.2. The van der Waals surface area contributed by atoms with Crippen LogP contribution in [0, 0.1) is 0 Å². The first-order valence-corrected chi connectivity index (χ1v) is 9.65. The molecule has 1 heterocycles. The Bertz CT molecular complexity index is 694. The smallest absolute Gasteiger partial charge is 0.339 e. The van der Waals surface area contributed by atoms with Gasteiger partial charge in [-0.3, -0.25) is 4.90 Å². The Morgan fingerprint density at radius 2 is 1.83 bits per heavy atom. The highest BCUT2D eigenvalue weighted by Gasteiger charge is 2.40. The van der Waals surface area contributed by atoms with Crippen LogP contribution in [0.25, 0.3) is 0 Å². The molecule has 1 aromatic rings. The molecule has 1 saturated heterocycles. The summed E-state index contributed by atoms with van der Waals surface area (Å²) in [5, 5.41) is 8.96. The molecule has 0 atom stereocenters. The van der Waals surface area contributed by atoms with E-state index in [2.05, 4.69) is 4.90 Å². The van der Waals surface area contributed by atoms with Crippen molar-refractivity contribution < 1.29 is 23.1 Å². The van der Waals surface area contributed by atoms with Crippen LogP contribution in [0.5, 0.6) is 5.75 Å². The van der Waals surface area contributed by atoms with Crippen molar-refractivity contribution in [3.05, 3.63) is 29.8 Å². The number of sulfonamides is 1. The molecule has 0 bridgehead atoms. The van der Waals surface area contributed by atoms with Crippen LogP contribution in [-0.2, 0) is 10.0 Å². The monoisotopic (exact) mass is 354 g/mol. The topological polar surface area (TPSA) is 87.2 Å². The van der Waals surface area contributed by atoms with Gasteiger partial charge in [0.1, 0.15) is 17.9 Å².